The van der Waals surface area contributed by atoms with Gasteiger partial charge in [0.1, 0.15) is 25.4 Å². The minimum atomic E-state index is -3.42. The van der Waals surface area contributed by atoms with Crippen LogP contribution in [0, 0.1) is 5.41 Å². The summed E-state index contributed by atoms with van der Waals surface area (Å²) in [5.41, 5.74) is -0.524. The summed E-state index contributed by atoms with van der Waals surface area (Å²) in [5.74, 6) is -1.73. The van der Waals surface area contributed by atoms with E-state index < -0.39 is 32.4 Å². The Balaban J connectivity index is 0.000000340. The molecule has 1 aliphatic carbocycles. The van der Waals surface area contributed by atoms with E-state index in [0.717, 1.165) is 6.42 Å². The Morgan fingerprint density at radius 3 is 1.97 bits per heavy atom. The SMILES string of the molecule is CC1CC(C)OC2(CCC(S(N)(=O)=O)CC2)O1.CCC(C)(C)C(=O)OCCOC(=O)CC(C)=O. The number of carbonyl (C=O) groups is 3. The molecule has 34 heavy (non-hydrogen) atoms. The van der Waals surface area contributed by atoms with Crippen molar-refractivity contribution in [2.24, 2.45) is 10.6 Å². The second kappa shape index (κ2) is 12.9. The lowest BCUT2D eigenvalue weighted by Crippen LogP contribution is -2.51. The molecule has 0 aromatic heterocycles. The number of Topliss-reactive ketones (excluding diaryl/α,β-unsaturated/α-hetero) is 1. The highest BCUT2D eigenvalue weighted by atomic mass is 32.2. The highest BCUT2D eigenvalue weighted by Gasteiger charge is 2.44. The first-order valence-corrected chi connectivity index (χ1v) is 13.4. The summed E-state index contributed by atoms with van der Waals surface area (Å²) in [7, 11) is -3.42. The van der Waals surface area contributed by atoms with E-state index in [2.05, 4.69) is 0 Å². The maximum atomic E-state index is 11.5. The number of esters is 2. The molecule has 1 saturated carbocycles. The van der Waals surface area contributed by atoms with Crippen LogP contribution in [0.1, 0.15) is 86.5 Å². The van der Waals surface area contributed by atoms with Crippen molar-refractivity contribution < 1.29 is 41.7 Å². The van der Waals surface area contributed by atoms with Crippen molar-refractivity contribution in [3.8, 4) is 0 Å². The van der Waals surface area contributed by atoms with E-state index >= 15 is 0 Å². The normalized spacial score (nSPS) is 27.3. The van der Waals surface area contributed by atoms with Crippen LogP contribution in [0.25, 0.3) is 0 Å². The van der Waals surface area contributed by atoms with Gasteiger partial charge in [0.05, 0.1) is 22.9 Å². The smallest absolute Gasteiger partial charge is 0.313 e. The Morgan fingerprint density at radius 2 is 1.53 bits per heavy atom. The number of primary sulfonamides is 1. The number of ether oxygens (including phenoxy) is 4. The molecule has 1 aliphatic heterocycles. The van der Waals surface area contributed by atoms with E-state index in [9.17, 15) is 22.8 Å². The summed E-state index contributed by atoms with van der Waals surface area (Å²) in [5, 5.41) is 4.74. The van der Waals surface area contributed by atoms with Crippen LogP contribution in [0.4, 0.5) is 0 Å². The first-order valence-electron chi connectivity index (χ1n) is 11.8. The zero-order valence-electron chi connectivity index (χ0n) is 21.3. The molecule has 2 unspecified atom stereocenters. The molecule has 2 aliphatic rings. The van der Waals surface area contributed by atoms with Crippen LogP contribution in [0.3, 0.4) is 0 Å². The van der Waals surface area contributed by atoms with Crippen LogP contribution in [-0.4, -0.2) is 62.6 Å². The Kier molecular flexibility index (Phi) is 11.6. The molecule has 198 valence electrons. The molecule has 11 heteroatoms. The number of hydrogen-bond donors (Lipinski definition) is 1. The molecule has 2 fully saturated rings. The van der Waals surface area contributed by atoms with Crippen LogP contribution in [0.2, 0.25) is 0 Å². The van der Waals surface area contributed by atoms with Crippen molar-refractivity contribution in [1.29, 1.82) is 0 Å². The second-order valence-electron chi connectivity index (χ2n) is 9.76. The van der Waals surface area contributed by atoms with Gasteiger partial charge in [0.2, 0.25) is 10.0 Å². The topological polar surface area (TPSA) is 148 Å². The van der Waals surface area contributed by atoms with Gasteiger partial charge >= 0.3 is 11.9 Å². The molecule has 2 N–H and O–H groups in total. The van der Waals surface area contributed by atoms with Crippen LogP contribution in [-0.2, 0) is 43.4 Å². The zero-order valence-corrected chi connectivity index (χ0v) is 22.1. The molecule has 0 aromatic carbocycles. The molecular weight excluding hydrogens is 466 g/mol. The number of hydrogen-bond acceptors (Lipinski definition) is 9. The summed E-state index contributed by atoms with van der Waals surface area (Å²) in [6.07, 6.45) is 3.95. The van der Waals surface area contributed by atoms with Crippen molar-refractivity contribution >= 4 is 27.7 Å². The standard InChI is InChI=1S/C12H20O5.C11H21NO4S/c1-5-12(3,4)11(15)17-7-6-16-10(14)8-9(2)13;1-8-7-9(2)16-11(15-8)5-3-10(4-6-11)17(12,13)14/h5-8H2,1-4H3;8-10H,3-7H2,1-2H3,(H2,12,13,14). The summed E-state index contributed by atoms with van der Waals surface area (Å²) in [4.78, 5) is 33.0. The number of sulfonamides is 1. The van der Waals surface area contributed by atoms with Gasteiger partial charge in [-0.05, 0) is 60.3 Å². The number of nitrogens with two attached hydrogens (primary N) is 1. The fraction of sp³-hybridized carbons (Fsp3) is 0.870. The molecule has 0 radical (unpaired) electrons. The highest BCUT2D eigenvalue weighted by Crippen LogP contribution is 2.40. The maximum absolute atomic E-state index is 11.5. The largest absolute Gasteiger partial charge is 0.462 e. The van der Waals surface area contributed by atoms with Gasteiger partial charge in [0, 0.05) is 12.8 Å². The van der Waals surface area contributed by atoms with Crippen LogP contribution < -0.4 is 5.14 Å². The summed E-state index contributed by atoms with van der Waals surface area (Å²) >= 11 is 0. The zero-order chi connectivity index (χ0) is 26.2. The van der Waals surface area contributed by atoms with Gasteiger partial charge in [-0.2, -0.15) is 0 Å². The second-order valence-corrected chi connectivity index (χ2v) is 11.6. The molecule has 2 atom stereocenters. The van der Waals surface area contributed by atoms with E-state index in [1.807, 2.05) is 20.8 Å². The first-order chi connectivity index (χ1) is 15.6. The molecular formula is C23H41NO9S. The molecule has 10 nitrogen and oxygen atoms in total. The van der Waals surface area contributed by atoms with Crippen LogP contribution in [0.15, 0.2) is 0 Å². The Hall–Kier alpha value is -1.56. The molecule has 0 bridgehead atoms. The van der Waals surface area contributed by atoms with Gasteiger partial charge in [-0.3, -0.25) is 14.4 Å². The van der Waals surface area contributed by atoms with Crippen molar-refractivity contribution in [3.05, 3.63) is 0 Å². The third-order valence-electron chi connectivity index (χ3n) is 6.06. The van der Waals surface area contributed by atoms with Gasteiger partial charge in [-0.1, -0.05) is 6.92 Å². The maximum Gasteiger partial charge on any atom is 0.313 e. The van der Waals surface area contributed by atoms with E-state index in [4.69, 9.17) is 24.1 Å². The van der Waals surface area contributed by atoms with E-state index in [1.165, 1.54) is 6.92 Å². The quantitative estimate of drug-likeness (QED) is 0.297. The minimum absolute atomic E-state index is 0.0162. The number of ketones is 1. The predicted octanol–water partition coefficient (Wildman–Crippen LogP) is 2.62. The molecule has 2 rings (SSSR count). The third-order valence-corrected chi connectivity index (χ3v) is 7.46. The predicted molar refractivity (Wildman–Crippen MR) is 125 cm³/mol. The Morgan fingerprint density at radius 1 is 1.03 bits per heavy atom. The van der Waals surface area contributed by atoms with Crippen LogP contribution in [0.5, 0.6) is 0 Å². The Labute approximate surface area is 203 Å². The van der Waals surface area contributed by atoms with Gasteiger partial charge < -0.3 is 18.9 Å². The van der Waals surface area contributed by atoms with Crippen molar-refractivity contribution in [1.82, 2.24) is 0 Å². The van der Waals surface area contributed by atoms with Gasteiger partial charge in [0.25, 0.3) is 0 Å². The van der Waals surface area contributed by atoms with Crippen molar-refractivity contribution in [2.45, 2.75) is 110 Å². The van der Waals surface area contributed by atoms with Crippen molar-refractivity contribution in [3.63, 3.8) is 0 Å². The van der Waals surface area contributed by atoms with Gasteiger partial charge in [0.15, 0.2) is 5.79 Å². The fourth-order valence-corrected chi connectivity index (χ4v) is 4.70. The first kappa shape index (κ1) is 30.5. The lowest BCUT2D eigenvalue weighted by atomic mass is 9.91. The monoisotopic (exact) mass is 507 g/mol. The van der Waals surface area contributed by atoms with Gasteiger partial charge in [-0.15, -0.1) is 0 Å². The average Bonchev–Trinajstić information content (AvgIpc) is 2.69. The summed E-state index contributed by atoms with van der Waals surface area (Å²) in [6, 6.07) is 0. The van der Waals surface area contributed by atoms with E-state index in [-0.39, 0.29) is 43.6 Å². The minimum Gasteiger partial charge on any atom is -0.462 e. The van der Waals surface area contributed by atoms with E-state index in [0.29, 0.717) is 32.1 Å². The highest BCUT2D eigenvalue weighted by molar-refractivity contribution is 7.89. The lowest BCUT2D eigenvalue weighted by Gasteiger charge is -2.46. The molecule has 1 spiro atoms. The average molecular weight is 508 g/mol. The molecule has 0 aromatic rings. The Bertz CT molecular complexity index is 789. The number of rotatable bonds is 8. The molecule has 1 saturated heterocycles. The fourth-order valence-electron chi connectivity index (χ4n) is 3.80. The van der Waals surface area contributed by atoms with Gasteiger partial charge in [-0.25, -0.2) is 13.6 Å². The molecule has 0 amide bonds. The van der Waals surface area contributed by atoms with E-state index in [1.54, 1.807) is 13.8 Å². The third kappa shape index (κ3) is 10.4. The number of carbonyl (C=O) groups excluding carboxylic acids is 3. The summed E-state index contributed by atoms with van der Waals surface area (Å²) in [6.45, 7) is 10.9. The summed E-state index contributed by atoms with van der Waals surface area (Å²) < 4.78 is 44.0. The molecule has 1 heterocycles. The van der Waals surface area contributed by atoms with Crippen LogP contribution >= 0.6 is 0 Å². The van der Waals surface area contributed by atoms with Crippen molar-refractivity contribution in [2.75, 3.05) is 13.2 Å². The lowest BCUT2D eigenvalue weighted by molar-refractivity contribution is -0.322.